The Hall–Kier alpha value is -0.540. The Bertz CT molecular complexity index is 438. The van der Waals surface area contributed by atoms with E-state index in [0.29, 0.717) is 17.7 Å². The molecule has 0 radical (unpaired) electrons. The van der Waals surface area contributed by atoms with Crippen LogP contribution in [0.25, 0.3) is 0 Å². The smallest absolute Gasteiger partial charge is 0.178 e. The zero-order valence-electron chi connectivity index (χ0n) is 9.61. The highest BCUT2D eigenvalue weighted by molar-refractivity contribution is 7.91. The molecule has 0 aliphatic heterocycles. The minimum Gasteiger partial charge on any atom is -0.224 e. The first-order valence-corrected chi connectivity index (χ1v) is 7.51. The second-order valence-corrected chi connectivity index (χ2v) is 6.73. The second-order valence-electron chi connectivity index (χ2n) is 3.91. The summed E-state index contributed by atoms with van der Waals surface area (Å²) in [6.07, 6.45) is 1.22. The highest BCUT2D eigenvalue weighted by Gasteiger charge is 2.17. The normalized spacial score (nSPS) is 13.7. The van der Waals surface area contributed by atoms with E-state index in [4.69, 9.17) is 11.6 Å². The van der Waals surface area contributed by atoms with Crippen LogP contribution in [0.2, 0.25) is 0 Å². The standard InChI is InChI=1S/C12H17ClO2S/c1-3-8-16(14,15)12-7-5-4-6-11(12)9-10(2)13/h4-7,10H,3,8-9H2,1-2H3. The van der Waals surface area contributed by atoms with Crippen LogP contribution in [-0.4, -0.2) is 19.5 Å². The summed E-state index contributed by atoms with van der Waals surface area (Å²) < 4.78 is 24.0. The summed E-state index contributed by atoms with van der Waals surface area (Å²) in [7, 11) is -3.15. The highest BCUT2D eigenvalue weighted by Crippen LogP contribution is 2.20. The second kappa shape index (κ2) is 5.69. The van der Waals surface area contributed by atoms with Gasteiger partial charge in [-0.05, 0) is 31.4 Å². The minimum atomic E-state index is -3.15. The third-order valence-corrected chi connectivity index (χ3v) is 4.45. The Kier molecular flexibility index (Phi) is 4.81. The summed E-state index contributed by atoms with van der Waals surface area (Å²) in [6, 6.07) is 7.10. The lowest BCUT2D eigenvalue weighted by Crippen LogP contribution is -2.10. The lowest BCUT2D eigenvalue weighted by Gasteiger charge is -2.10. The van der Waals surface area contributed by atoms with Gasteiger partial charge in [0.05, 0.1) is 10.6 Å². The van der Waals surface area contributed by atoms with E-state index in [1.165, 1.54) is 0 Å². The van der Waals surface area contributed by atoms with Gasteiger partial charge < -0.3 is 0 Å². The number of benzene rings is 1. The molecule has 0 aromatic heterocycles. The molecule has 16 heavy (non-hydrogen) atoms. The maximum Gasteiger partial charge on any atom is 0.178 e. The predicted molar refractivity (Wildman–Crippen MR) is 67.8 cm³/mol. The van der Waals surface area contributed by atoms with E-state index in [1.807, 2.05) is 26.0 Å². The predicted octanol–water partition coefficient (Wildman–Crippen LogP) is 3.04. The van der Waals surface area contributed by atoms with Crippen molar-refractivity contribution in [2.75, 3.05) is 5.75 Å². The van der Waals surface area contributed by atoms with Gasteiger partial charge in [0, 0.05) is 5.38 Å². The molecule has 2 nitrogen and oxygen atoms in total. The summed E-state index contributed by atoms with van der Waals surface area (Å²) in [5.74, 6) is 0.195. The van der Waals surface area contributed by atoms with Gasteiger partial charge >= 0.3 is 0 Å². The Labute approximate surface area is 103 Å². The maximum absolute atomic E-state index is 12.0. The molecule has 0 spiro atoms. The number of rotatable bonds is 5. The number of alkyl halides is 1. The van der Waals surface area contributed by atoms with Crippen molar-refractivity contribution in [2.24, 2.45) is 0 Å². The number of sulfone groups is 1. The summed E-state index contributed by atoms with van der Waals surface area (Å²) in [6.45, 7) is 3.73. The molecule has 0 fully saturated rings. The van der Waals surface area contributed by atoms with Crippen LogP contribution >= 0.6 is 11.6 Å². The molecule has 0 aliphatic rings. The van der Waals surface area contributed by atoms with Crippen LogP contribution in [0.15, 0.2) is 29.2 Å². The van der Waals surface area contributed by atoms with E-state index >= 15 is 0 Å². The SMILES string of the molecule is CCCS(=O)(=O)c1ccccc1CC(C)Cl. The van der Waals surface area contributed by atoms with Gasteiger partial charge in [-0.25, -0.2) is 8.42 Å². The van der Waals surface area contributed by atoms with Crippen molar-refractivity contribution in [1.29, 1.82) is 0 Å². The molecular weight excluding hydrogens is 244 g/mol. The summed E-state index contributed by atoms with van der Waals surface area (Å²) >= 11 is 5.92. The minimum absolute atomic E-state index is 0.0574. The number of hydrogen-bond donors (Lipinski definition) is 0. The van der Waals surface area contributed by atoms with Gasteiger partial charge in [-0.2, -0.15) is 0 Å². The highest BCUT2D eigenvalue weighted by atomic mass is 35.5. The lowest BCUT2D eigenvalue weighted by atomic mass is 10.1. The molecule has 1 rings (SSSR count). The Morgan fingerprint density at radius 1 is 1.31 bits per heavy atom. The molecule has 1 aromatic carbocycles. The first-order valence-electron chi connectivity index (χ1n) is 5.42. The molecule has 0 N–H and O–H groups in total. The van der Waals surface area contributed by atoms with Crippen molar-refractivity contribution in [3.05, 3.63) is 29.8 Å². The van der Waals surface area contributed by atoms with Crippen LogP contribution in [0.3, 0.4) is 0 Å². The average molecular weight is 261 g/mol. The molecule has 1 aromatic rings. The fraction of sp³-hybridized carbons (Fsp3) is 0.500. The Morgan fingerprint density at radius 2 is 1.94 bits per heavy atom. The molecule has 0 saturated heterocycles. The Balaban J connectivity index is 3.13. The summed E-state index contributed by atoms with van der Waals surface area (Å²) in [4.78, 5) is 0.435. The van der Waals surface area contributed by atoms with Crippen LogP contribution in [0, 0.1) is 0 Å². The van der Waals surface area contributed by atoms with Gasteiger partial charge in [-0.1, -0.05) is 25.1 Å². The summed E-state index contributed by atoms with van der Waals surface area (Å²) in [5.41, 5.74) is 0.818. The Morgan fingerprint density at radius 3 is 2.50 bits per heavy atom. The van der Waals surface area contributed by atoms with E-state index in [-0.39, 0.29) is 11.1 Å². The fourth-order valence-electron chi connectivity index (χ4n) is 1.66. The van der Waals surface area contributed by atoms with Gasteiger partial charge in [-0.15, -0.1) is 11.6 Å². The lowest BCUT2D eigenvalue weighted by molar-refractivity contribution is 0.593. The maximum atomic E-state index is 12.0. The van der Waals surface area contributed by atoms with Gasteiger partial charge in [-0.3, -0.25) is 0 Å². The van der Waals surface area contributed by atoms with Crippen LogP contribution < -0.4 is 0 Å². The van der Waals surface area contributed by atoms with Crippen molar-refractivity contribution in [1.82, 2.24) is 0 Å². The zero-order chi connectivity index (χ0) is 12.2. The number of halogens is 1. The van der Waals surface area contributed by atoms with Crippen LogP contribution in [0.4, 0.5) is 0 Å². The topological polar surface area (TPSA) is 34.1 Å². The van der Waals surface area contributed by atoms with E-state index in [1.54, 1.807) is 12.1 Å². The third kappa shape index (κ3) is 3.49. The van der Waals surface area contributed by atoms with Crippen LogP contribution in [0.1, 0.15) is 25.8 Å². The van der Waals surface area contributed by atoms with E-state index in [9.17, 15) is 8.42 Å². The monoisotopic (exact) mass is 260 g/mol. The molecule has 1 atom stereocenters. The van der Waals surface area contributed by atoms with Crippen molar-refractivity contribution >= 4 is 21.4 Å². The molecule has 1 unspecified atom stereocenters. The van der Waals surface area contributed by atoms with Crippen LogP contribution in [-0.2, 0) is 16.3 Å². The molecular formula is C12H17ClO2S. The average Bonchev–Trinajstić information content (AvgIpc) is 2.17. The molecule has 0 aliphatic carbocycles. The van der Waals surface area contributed by atoms with Crippen molar-refractivity contribution < 1.29 is 8.42 Å². The van der Waals surface area contributed by atoms with E-state index < -0.39 is 9.84 Å². The molecule has 0 saturated carbocycles. The first kappa shape index (κ1) is 13.5. The van der Waals surface area contributed by atoms with Crippen molar-refractivity contribution in [2.45, 2.75) is 37.0 Å². The van der Waals surface area contributed by atoms with E-state index in [2.05, 4.69) is 0 Å². The van der Waals surface area contributed by atoms with Gasteiger partial charge in [0.25, 0.3) is 0 Å². The largest absolute Gasteiger partial charge is 0.224 e. The van der Waals surface area contributed by atoms with Gasteiger partial charge in [0.2, 0.25) is 0 Å². The summed E-state index contributed by atoms with van der Waals surface area (Å²) in [5, 5.41) is -0.0574. The van der Waals surface area contributed by atoms with E-state index in [0.717, 1.165) is 5.56 Å². The molecule has 90 valence electrons. The quantitative estimate of drug-likeness (QED) is 0.763. The molecule has 0 amide bonds. The molecule has 4 heteroatoms. The molecule has 0 bridgehead atoms. The van der Waals surface area contributed by atoms with Gasteiger partial charge in [0.1, 0.15) is 0 Å². The third-order valence-electron chi connectivity index (χ3n) is 2.28. The first-order chi connectivity index (χ1) is 7.47. The van der Waals surface area contributed by atoms with Crippen molar-refractivity contribution in [3.63, 3.8) is 0 Å². The van der Waals surface area contributed by atoms with Gasteiger partial charge in [0.15, 0.2) is 9.84 Å². The number of hydrogen-bond acceptors (Lipinski definition) is 2. The molecule has 0 heterocycles. The fourth-order valence-corrected chi connectivity index (χ4v) is 3.42. The van der Waals surface area contributed by atoms with Crippen LogP contribution in [0.5, 0.6) is 0 Å². The zero-order valence-corrected chi connectivity index (χ0v) is 11.2. The van der Waals surface area contributed by atoms with Crippen molar-refractivity contribution in [3.8, 4) is 0 Å².